The molecule has 0 fully saturated rings. The fraction of sp³-hybridized carbons (Fsp3) is 0.400. The highest BCUT2D eigenvalue weighted by molar-refractivity contribution is 9.10. The summed E-state index contributed by atoms with van der Waals surface area (Å²) in [6.45, 7) is 5.57. The number of benzene rings is 1. The Morgan fingerprint density at radius 3 is 2.36 bits per heavy atom. The Kier molecular flexibility index (Phi) is 3.04. The summed E-state index contributed by atoms with van der Waals surface area (Å²) in [6.07, 6.45) is 0. The number of hydrogen-bond acceptors (Lipinski definition) is 2. The van der Waals surface area contributed by atoms with Crippen molar-refractivity contribution in [3.05, 3.63) is 22.4 Å². The molecule has 0 saturated carbocycles. The van der Waals surface area contributed by atoms with Crippen LogP contribution >= 0.6 is 15.9 Å². The molecule has 14 heavy (non-hydrogen) atoms. The van der Waals surface area contributed by atoms with Gasteiger partial charge in [0.15, 0.2) is 11.6 Å². The van der Waals surface area contributed by atoms with E-state index in [1.807, 2.05) is 20.8 Å². The summed E-state index contributed by atoms with van der Waals surface area (Å²) in [5.74, 6) is -0.251. The normalized spacial score (nSPS) is 11.5. The topological polar surface area (TPSA) is 35.2 Å². The monoisotopic (exact) mass is 261 g/mol. The minimum Gasteiger partial charge on any atom is -0.484 e. The van der Waals surface area contributed by atoms with Gasteiger partial charge in [-0.2, -0.15) is 0 Å². The van der Waals surface area contributed by atoms with Crippen molar-refractivity contribution in [1.82, 2.24) is 0 Å². The van der Waals surface area contributed by atoms with Gasteiger partial charge in [-0.3, -0.25) is 0 Å². The Bertz CT molecular complexity index is 323. The first-order chi connectivity index (χ1) is 6.29. The van der Waals surface area contributed by atoms with Gasteiger partial charge in [0, 0.05) is 11.8 Å². The Morgan fingerprint density at radius 1 is 1.36 bits per heavy atom. The Balaban J connectivity index is 3.09. The zero-order chi connectivity index (χ0) is 10.9. The highest BCUT2D eigenvalue weighted by Gasteiger charge is 2.17. The SMILES string of the molecule is CC(C)(C)Oc1c(F)cc(N)cc1Br. The van der Waals surface area contributed by atoms with Crippen LogP contribution in [0.3, 0.4) is 0 Å². The van der Waals surface area contributed by atoms with Gasteiger partial charge in [-0.05, 0) is 42.8 Å². The number of halogens is 2. The van der Waals surface area contributed by atoms with Crippen molar-refractivity contribution in [2.45, 2.75) is 26.4 Å². The largest absolute Gasteiger partial charge is 0.484 e. The van der Waals surface area contributed by atoms with E-state index in [9.17, 15) is 4.39 Å². The molecule has 0 spiro atoms. The van der Waals surface area contributed by atoms with E-state index in [0.717, 1.165) is 0 Å². The molecule has 0 heterocycles. The Hall–Kier alpha value is -0.770. The lowest BCUT2D eigenvalue weighted by Crippen LogP contribution is -2.23. The number of rotatable bonds is 1. The van der Waals surface area contributed by atoms with Crippen LogP contribution in [0.4, 0.5) is 10.1 Å². The van der Waals surface area contributed by atoms with Crippen molar-refractivity contribution in [2.24, 2.45) is 0 Å². The number of hydrogen-bond donors (Lipinski definition) is 1. The van der Waals surface area contributed by atoms with Gasteiger partial charge in [0.2, 0.25) is 0 Å². The van der Waals surface area contributed by atoms with Crippen LogP contribution in [0.25, 0.3) is 0 Å². The first kappa shape index (κ1) is 11.3. The Morgan fingerprint density at radius 2 is 1.93 bits per heavy atom. The second-order valence-corrected chi connectivity index (χ2v) is 4.88. The average Bonchev–Trinajstić information content (AvgIpc) is 1.95. The smallest absolute Gasteiger partial charge is 0.170 e. The van der Waals surface area contributed by atoms with Gasteiger partial charge in [0.05, 0.1) is 4.47 Å². The zero-order valence-corrected chi connectivity index (χ0v) is 9.98. The predicted octanol–water partition coefficient (Wildman–Crippen LogP) is 3.35. The van der Waals surface area contributed by atoms with E-state index < -0.39 is 11.4 Å². The molecule has 0 unspecified atom stereocenters. The van der Waals surface area contributed by atoms with Crippen molar-refractivity contribution in [3.63, 3.8) is 0 Å². The summed E-state index contributed by atoms with van der Waals surface area (Å²) in [6, 6.07) is 2.86. The molecule has 0 saturated heterocycles. The molecule has 0 amide bonds. The minimum atomic E-state index is -0.452. The number of ether oxygens (including phenoxy) is 1. The van der Waals surface area contributed by atoms with Crippen LogP contribution in [0.2, 0.25) is 0 Å². The lowest BCUT2D eigenvalue weighted by Gasteiger charge is -2.22. The van der Waals surface area contributed by atoms with Gasteiger partial charge < -0.3 is 10.5 Å². The van der Waals surface area contributed by atoms with Gasteiger partial charge in [-0.25, -0.2) is 4.39 Å². The molecule has 0 aliphatic heterocycles. The van der Waals surface area contributed by atoms with Crippen LogP contribution in [-0.2, 0) is 0 Å². The number of nitrogens with two attached hydrogens (primary N) is 1. The van der Waals surface area contributed by atoms with E-state index in [0.29, 0.717) is 10.2 Å². The third kappa shape index (κ3) is 2.87. The number of anilines is 1. The van der Waals surface area contributed by atoms with E-state index >= 15 is 0 Å². The second-order valence-electron chi connectivity index (χ2n) is 4.03. The standard InChI is InChI=1S/C10H13BrFNO/c1-10(2,3)14-9-7(11)4-6(13)5-8(9)12/h4-5H,13H2,1-3H3. The van der Waals surface area contributed by atoms with Gasteiger partial charge in [-0.15, -0.1) is 0 Å². The van der Waals surface area contributed by atoms with Crippen LogP contribution in [0, 0.1) is 5.82 Å². The minimum absolute atomic E-state index is 0.201. The van der Waals surface area contributed by atoms with Gasteiger partial charge >= 0.3 is 0 Å². The molecule has 1 aromatic rings. The summed E-state index contributed by atoms with van der Waals surface area (Å²) < 4.78 is 19.4. The van der Waals surface area contributed by atoms with Crippen molar-refractivity contribution in [2.75, 3.05) is 5.73 Å². The van der Waals surface area contributed by atoms with E-state index in [1.165, 1.54) is 6.07 Å². The summed E-state index contributed by atoms with van der Waals surface area (Å²) in [5.41, 5.74) is 5.41. The molecule has 2 nitrogen and oxygen atoms in total. The maximum atomic E-state index is 13.4. The summed E-state index contributed by atoms with van der Waals surface area (Å²) in [4.78, 5) is 0. The molecule has 0 atom stereocenters. The first-order valence-electron chi connectivity index (χ1n) is 4.23. The van der Waals surface area contributed by atoms with Gasteiger partial charge in [0.1, 0.15) is 5.60 Å². The lowest BCUT2D eigenvalue weighted by molar-refractivity contribution is 0.123. The molecule has 1 rings (SSSR count). The molecule has 78 valence electrons. The van der Waals surface area contributed by atoms with Crippen LogP contribution in [0.5, 0.6) is 5.75 Å². The van der Waals surface area contributed by atoms with Crippen molar-refractivity contribution >= 4 is 21.6 Å². The fourth-order valence-corrected chi connectivity index (χ4v) is 1.52. The highest BCUT2D eigenvalue weighted by atomic mass is 79.9. The van der Waals surface area contributed by atoms with Gasteiger partial charge in [-0.1, -0.05) is 0 Å². The van der Waals surface area contributed by atoms with E-state index in [4.69, 9.17) is 10.5 Å². The predicted molar refractivity (Wildman–Crippen MR) is 58.9 cm³/mol. The highest BCUT2D eigenvalue weighted by Crippen LogP contribution is 2.32. The van der Waals surface area contributed by atoms with Crippen LogP contribution < -0.4 is 10.5 Å². The second kappa shape index (κ2) is 3.77. The summed E-state index contributed by atoms with van der Waals surface area (Å²) in [7, 11) is 0. The molecular formula is C10H13BrFNO. The van der Waals surface area contributed by atoms with Crippen LogP contribution in [0.15, 0.2) is 16.6 Å². The van der Waals surface area contributed by atoms with Crippen molar-refractivity contribution in [1.29, 1.82) is 0 Å². The maximum absolute atomic E-state index is 13.4. The molecule has 4 heteroatoms. The fourth-order valence-electron chi connectivity index (χ4n) is 0.983. The average molecular weight is 262 g/mol. The molecule has 0 aromatic heterocycles. The molecule has 0 radical (unpaired) electrons. The molecule has 0 aliphatic rings. The first-order valence-corrected chi connectivity index (χ1v) is 5.02. The third-order valence-electron chi connectivity index (χ3n) is 1.43. The molecule has 2 N–H and O–H groups in total. The van der Waals surface area contributed by atoms with Crippen LogP contribution in [-0.4, -0.2) is 5.60 Å². The quantitative estimate of drug-likeness (QED) is 0.788. The van der Waals surface area contributed by atoms with E-state index in [1.54, 1.807) is 6.07 Å². The lowest BCUT2D eigenvalue weighted by atomic mass is 10.2. The summed E-state index contributed by atoms with van der Waals surface area (Å²) in [5, 5.41) is 0. The van der Waals surface area contributed by atoms with Gasteiger partial charge in [0.25, 0.3) is 0 Å². The molecular weight excluding hydrogens is 249 g/mol. The van der Waals surface area contributed by atoms with E-state index in [2.05, 4.69) is 15.9 Å². The molecule has 1 aromatic carbocycles. The third-order valence-corrected chi connectivity index (χ3v) is 2.02. The van der Waals surface area contributed by atoms with E-state index in [-0.39, 0.29) is 5.75 Å². The molecule has 0 bridgehead atoms. The maximum Gasteiger partial charge on any atom is 0.170 e. The van der Waals surface area contributed by atoms with Crippen molar-refractivity contribution in [3.8, 4) is 5.75 Å². The summed E-state index contributed by atoms with van der Waals surface area (Å²) >= 11 is 3.21. The zero-order valence-electron chi connectivity index (χ0n) is 8.40. The molecule has 0 aliphatic carbocycles. The Labute approximate surface area is 91.4 Å². The van der Waals surface area contributed by atoms with Crippen LogP contribution in [0.1, 0.15) is 20.8 Å². The number of nitrogen functional groups attached to an aromatic ring is 1. The van der Waals surface area contributed by atoms with Crippen molar-refractivity contribution < 1.29 is 9.13 Å².